The lowest BCUT2D eigenvalue weighted by Crippen LogP contribution is -2.03. The van der Waals surface area contributed by atoms with Gasteiger partial charge in [0.25, 0.3) is 0 Å². The van der Waals surface area contributed by atoms with E-state index in [-0.39, 0.29) is 6.61 Å². The third kappa shape index (κ3) is 6.98. The third-order valence-electron chi connectivity index (χ3n) is 4.74. The quantitative estimate of drug-likeness (QED) is 0.258. The van der Waals surface area contributed by atoms with Gasteiger partial charge in [-0.1, -0.05) is 29.5 Å². The molecule has 0 aliphatic heterocycles. The van der Waals surface area contributed by atoms with Gasteiger partial charge < -0.3 is 9.15 Å². The summed E-state index contributed by atoms with van der Waals surface area (Å²) in [5, 5.41) is 7.73. The molecule has 0 radical (unpaired) electrons. The monoisotopic (exact) mass is 486 g/mol. The van der Waals surface area contributed by atoms with Crippen LogP contribution in [-0.2, 0) is 25.1 Å². The fourth-order valence-electron chi connectivity index (χ4n) is 2.96. The van der Waals surface area contributed by atoms with Crippen molar-refractivity contribution in [2.24, 2.45) is 0 Å². The number of aromatic nitrogens is 4. The Balaban J connectivity index is 1.21. The lowest BCUT2D eigenvalue weighted by atomic mass is 10.1. The van der Waals surface area contributed by atoms with E-state index >= 15 is 0 Å². The first kappa shape index (κ1) is 23.6. The van der Waals surface area contributed by atoms with Gasteiger partial charge in [-0.05, 0) is 41.5 Å². The van der Waals surface area contributed by atoms with Crippen LogP contribution in [0.2, 0.25) is 0 Å². The van der Waals surface area contributed by atoms with Crippen molar-refractivity contribution in [1.29, 1.82) is 0 Å². The number of rotatable bonds is 10. The van der Waals surface area contributed by atoms with E-state index in [9.17, 15) is 13.2 Å². The molecular formula is C24H21F3N4O2S. The highest BCUT2D eigenvalue weighted by molar-refractivity contribution is 7.98. The zero-order valence-corrected chi connectivity index (χ0v) is 18.8. The van der Waals surface area contributed by atoms with E-state index in [0.717, 1.165) is 35.9 Å². The Morgan fingerprint density at radius 2 is 1.82 bits per heavy atom. The predicted molar refractivity (Wildman–Crippen MR) is 124 cm³/mol. The van der Waals surface area contributed by atoms with Crippen LogP contribution in [0.1, 0.15) is 28.3 Å². The van der Waals surface area contributed by atoms with Crippen molar-refractivity contribution in [3.63, 3.8) is 0 Å². The van der Waals surface area contributed by atoms with Gasteiger partial charge in [0, 0.05) is 23.8 Å². The fraction of sp³-hybridized carbons (Fsp3) is 0.208. The average Bonchev–Trinajstić information content (AvgIpc) is 3.52. The van der Waals surface area contributed by atoms with Gasteiger partial charge in [-0.15, -0.1) is 5.10 Å². The SMILES string of the molecule is FC(F)(F)c1ccc(/C=C/c2nc(COc3ccc(CSCCn4ccnn4)cc3)co2)cc1. The van der Waals surface area contributed by atoms with E-state index in [4.69, 9.17) is 9.15 Å². The number of benzene rings is 2. The molecule has 34 heavy (non-hydrogen) atoms. The van der Waals surface area contributed by atoms with Crippen LogP contribution in [0.4, 0.5) is 13.2 Å². The number of oxazole rings is 1. The van der Waals surface area contributed by atoms with Gasteiger partial charge in [0.05, 0.1) is 18.3 Å². The standard InChI is InChI=1S/C24H21F3N4O2S/c25-24(26,27)20-6-1-18(2-7-20)5-10-23-29-21(16-33-23)15-32-22-8-3-19(4-9-22)17-34-14-13-31-12-11-28-30-31/h1-12,16H,13-15,17H2/b10-5+. The summed E-state index contributed by atoms with van der Waals surface area (Å²) in [6, 6.07) is 12.8. The minimum absolute atomic E-state index is 0.240. The first-order valence-corrected chi connectivity index (χ1v) is 11.5. The van der Waals surface area contributed by atoms with E-state index in [2.05, 4.69) is 15.3 Å². The molecule has 6 nitrogen and oxygen atoms in total. The summed E-state index contributed by atoms with van der Waals surface area (Å²) in [4.78, 5) is 4.31. The molecule has 0 aliphatic carbocycles. The first-order valence-electron chi connectivity index (χ1n) is 10.4. The molecule has 0 aliphatic rings. The lowest BCUT2D eigenvalue weighted by molar-refractivity contribution is -0.137. The maximum atomic E-state index is 12.6. The molecule has 0 spiro atoms. The molecular weight excluding hydrogens is 465 g/mol. The van der Waals surface area contributed by atoms with Crippen LogP contribution in [0.25, 0.3) is 12.2 Å². The van der Waals surface area contributed by atoms with Gasteiger partial charge in [-0.2, -0.15) is 24.9 Å². The minimum Gasteiger partial charge on any atom is -0.487 e. The Labute approximate surface area is 198 Å². The van der Waals surface area contributed by atoms with Crippen molar-refractivity contribution >= 4 is 23.9 Å². The lowest BCUT2D eigenvalue weighted by Gasteiger charge is -2.06. The second-order valence-electron chi connectivity index (χ2n) is 7.28. The van der Waals surface area contributed by atoms with Crippen molar-refractivity contribution in [2.75, 3.05) is 5.75 Å². The number of aryl methyl sites for hydroxylation is 1. The molecule has 0 bridgehead atoms. The second kappa shape index (κ2) is 11.1. The molecule has 0 saturated carbocycles. The summed E-state index contributed by atoms with van der Waals surface area (Å²) in [6.45, 7) is 1.06. The zero-order chi connectivity index (χ0) is 23.8. The van der Waals surface area contributed by atoms with E-state index in [1.54, 1.807) is 18.3 Å². The Morgan fingerprint density at radius 1 is 1.03 bits per heavy atom. The Kier molecular flexibility index (Phi) is 7.69. The van der Waals surface area contributed by atoms with Crippen molar-refractivity contribution < 1.29 is 22.3 Å². The zero-order valence-electron chi connectivity index (χ0n) is 18.0. The number of thioether (sulfide) groups is 1. The molecule has 2 aromatic heterocycles. The van der Waals surface area contributed by atoms with Crippen LogP contribution in [0.3, 0.4) is 0 Å². The van der Waals surface area contributed by atoms with Crippen LogP contribution >= 0.6 is 11.8 Å². The second-order valence-corrected chi connectivity index (χ2v) is 8.39. The molecule has 10 heteroatoms. The van der Waals surface area contributed by atoms with E-state index in [1.165, 1.54) is 24.0 Å². The Morgan fingerprint density at radius 3 is 2.53 bits per heavy atom. The fourth-order valence-corrected chi connectivity index (χ4v) is 3.84. The highest BCUT2D eigenvalue weighted by atomic mass is 32.2. The largest absolute Gasteiger partial charge is 0.487 e. The smallest absolute Gasteiger partial charge is 0.416 e. The molecule has 0 unspecified atom stereocenters. The normalized spacial score (nSPS) is 11.9. The maximum Gasteiger partial charge on any atom is 0.416 e. The van der Waals surface area contributed by atoms with Crippen LogP contribution in [0, 0.1) is 0 Å². The van der Waals surface area contributed by atoms with Crippen LogP contribution in [0.15, 0.2) is 71.6 Å². The topological polar surface area (TPSA) is 66.0 Å². The number of alkyl halides is 3. The molecule has 2 aromatic carbocycles. The van der Waals surface area contributed by atoms with Gasteiger partial charge in [0.2, 0.25) is 5.89 Å². The van der Waals surface area contributed by atoms with Crippen LogP contribution < -0.4 is 4.74 Å². The minimum atomic E-state index is -4.35. The molecule has 2 heterocycles. The molecule has 176 valence electrons. The summed E-state index contributed by atoms with van der Waals surface area (Å²) in [6.07, 6.45) is 3.90. The molecule has 0 N–H and O–H groups in total. The van der Waals surface area contributed by atoms with E-state index < -0.39 is 11.7 Å². The van der Waals surface area contributed by atoms with Gasteiger partial charge >= 0.3 is 6.18 Å². The van der Waals surface area contributed by atoms with E-state index in [1.807, 2.05) is 46.9 Å². The summed E-state index contributed by atoms with van der Waals surface area (Å²) in [5.41, 5.74) is 1.74. The number of hydrogen-bond acceptors (Lipinski definition) is 6. The van der Waals surface area contributed by atoms with Gasteiger partial charge in [-0.25, -0.2) is 4.98 Å². The molecule has 0 atom stereocenters. The maximum absolute atomic E-state index is 12.6. The highest BCUT2D eigenvalue weighted by Gasteiger charge is 2.29. The highest BCUT2D eigenvalue weighted by Crippen LogP contribution is 2.29. The van der Waals surface area contributed by atoms with E-state index in [0.29, 0.717) is 17.1 Å². The number of nitrogens with zero attached hydrogens (tertiary/aromatic N) is 4. The van der Waals surface area contributed by atoms with Crippen LogP contribution in [-0.4, -0.2) is 25.7 Å². The molecule has 4 rings (SSSR count). The number of hydrogen-bond donors (Lipinski definition) is 0. The third-order valence-corrected chi connectivity index (χ3v) is 5.75. The molecule has 0 amide bonds. The molecule has 0 fully saturated rings. The van der Waals surface area contributed by atoms with Gasteiger partial charge in [-0.3, -0.25) is 4.68 Å². The average molecular weight is 487 g/mol. The van der Waals surface area contributed by atoms with Crippen molar-refractivity contribution in [2.45, 2.75) is 25.1 Å². The first-order chi connectivity index (χ1) is 16.5. The summed E-state index contributed by atoms with van der Waals surface area (Å²) < 4.78 is 50.9. The van der Waals surface area contributed by atoms with Crippen LogP contribution in [0.5, 0.6) is 5.75 Å². The number of halogens is 3. The molecule has 0 saturated heterocycles. The van der Waals surface area contributed by atoms with Crippen molar-refractivity contribution in [3.8, 4) is 5.75 Å². The Bertz CT molecular complexity index is 1190. The Hall–Kier alpha value is -3.53. The summed E-state index contributed by atoms with van der Waals surface area (Å²) in [5.74, 6) is 2.91. The summed E-state index contributed by atoms with van der Waals surface area (Å²) >= 11 is 1.82. The van der Waals surface area contributed by atoms with Gasteiger partial charge in [0.1, 0.15) is 24.3 Å². The van der Waals surface area contributed by atoms with Crippen molar-refractivity contribution in [3.05, 3.63) is 95.5 Å². The van der Waals surface area contributed by atoms with Gasteiger partial charge in [0.15, 0.2) is 0 Å². The predicted octanol–water partition coefficient (Wildman–Crippen LogP) is 5.97. The number of ether oxygens (including phenoxy) is 1. The van der Waals surface area contributed by atoms with Crippen molar-refractivity contribution in [1.82, 2.24) is 20.0 Å². The molecule has 4 aromatic rings. The summed E-state index contributed by atoms with van der Waals surface area (Å²) in [7, 11) is 0.